The summed E-state index contributed by atoms with van der Waals surface area (Å²) in [6.07, 6.45) is -0.284. The number of ether oxygens (including phenoxy) is 1. The normalized spacial score (nSPS) is 11.1. The first-order chi connectivity index (χ1) is 17.7. The van der Waals surface area contributed by atoms with Gasteiger partial charge in [0.2, 0.25) is 0 Å². The fourth-order valence-corrected chi connectivity index (χ4v) is 3.41. The number of nitrogens with zero attached hydrogens (tertiary/aromatic N) is 1. The molecule has 37 heavy (non-hydrogen) atoms. The van der Waals surface area contributed by atoms with Crippen LogP contribution in [-0.2, 0) is 14.3 Å². The van der Waals surface area contributed by atoms with Crippen molar-refractivity contribution in [3.63, 3.8) is 0 Å². The number of nitrogens with one attached hydrogen (secondary N) is 3. The van der Waals surface area contributed by atoms with Crippen LogP contribution in [0.15, 0.2) is 78.9 Å². The van der Waals surface area contributed by atoms with Gasteiger partial charge in [-0.2, -0.15) is 0 Å². The van der Waals surface area contributed by atoms with Crippen molar-refractivity contribution >= 4 is 41.0 Å². The highest BCUT2D eigenvalue weighted by Gasteiger charge is 2.22. The van der Waals surface area contributed by atoms with Crippen LogP contribution in [0.4, 0.5) is 5.69 Å². The van der Waals surface area contributed by atoms with Crippen molar-refractivity contribution in [1.82, 2.24) is 16.2 Å². The van der Waals surface area contributed by atoms with Crippen molar-refractivity contribution in [3.8, 4) is 0 Å². The third-order valence-corrected chi connectivity index (χ3v) is 5.32. The number of non-ortho nitro benzene ring substituents is 1. The van der Waals surface area contributed by atoms with Gasteiger partial charge in [-0.1, -0.05) is 60.1 Å². The van der Waals surface area contributed by atoms with Crippen molar-refractivity contribution in [2.45, 2.75) is 12.5 Å². The molecule has 3 N–H and O–H groups in total. The predicted molar refractivity (Wildman–Crippen MR) is 132 cm³/mol. The highest BCUT2D eigenvalue weighted by Crippen LogP contribution is 2.21. The Kier molecular flexibility index (Phi) is 9.28. The molecular formula is C25H21ClN4O7. The lowest BCUT2D eigenvalue weighted by atomic mass is 10.0. The van der Waals surface area contributed by atoms with Gasteiger partial charge < -0.3 is 10.1 Å². The van der Waals surface area contributed by atoms with E-state index in [1.807, 2.05) is 0 Å². The summed E-state index contributed by atoms with van der Waals surface area (Å²) < 4.78 is 4.99. The Bertz CT molecular complexity index is 1320. The molecule has 0 saturated heterocycles. The maximum Gasteiger partial charge on any atom is 0.308 e. The molecule has 0 saturated carbocycles. The van der Waals surface area contributed by atoms with Gasteiger partial charge in [0.05, 0.1) is 28.0 Å². The van der Waals surface area contributed by atoms with Gasteiger partial charge in [0.1, 0.15) is 0 Å². The minimum Gasteiger partial charge on any atom is -0.455 e. The molecule has 0 aliphatic carbocycles. The minimum atomic E-state index is -0.844. The van der Waals surface area contributed by atoms with Gasteiger partial charge >= 0.3 is 5.97 Å². The van der Waals surface area contributed by atoms with Gasteiger partial charge in [0.25, 0.3) is 23.4 Å². The number of amides is 3. The number of nitro groups is 1. The van der Waals surface area contributed by atoms with Gasteiger partial charge in [0.15, 0.2) is 6.61 Å². The fraction of sp³-hybridized carbons (Fsp3) is 0.120. The zero-order valence-electron chi connectivity index (χ0n) is 19.2. The summed E-state index contributed by atoms with van der Waals surface area (Å²) in [6, 6.07) is 19.3. The molecule has 0 spiro atoms. The molecule has 3 amide bonds. The van der Waals surface area contributed by atoms with E-state index in [0.29, 0.717) is 5.56 Å². The number of halogens is 1. The van der Waals surface area contributed by atoms with Crippen molar-refractivity contribution in [1.29, 1.82) is 0 Å². The van der Waals surface area contributed by atoms with Crippen LogP contribution < -0.4 is 16.2 Å². The van der Waals surface area contributed by atoms with Crippen LogP contribution in [0.3, 0.4) is 0 Å². The Morgan fingerprint density at radius 1 is 0.892 bits per heavy atom. The second kappa shape index (κ2) is 12.8. The van der Waals surface area contributed by atoms with Crippen molar-refractivity contribution in [2.75, 3.05) is 6.61 Å². The van der Waals surface area contributed by atoms with Gasteiger partial charge in [-0.15, -0.1) is 0 Å². The number of nitro benzene ring substituents is 1. The van der Waals surface area contributed by atoms with Crippen LogP contribution in [-0.4, -0.2) is 35.2 Å². The maximum atomic E-state index is 12.7. The smallest absolute Gasteiger partial charge is 0.308 e. The second-order valence-corrected chi connectivity index (χ2v) is 8.00. The largest absolute Gasteiger partial charge is 0.455 e. The molecule has 0 aliphatic rings. The molecule has 0 aromatic heterocycles. The molecule has 0 aliphatic heterocycles. The molecule has 0 bridgehead atoms. The first-order valence-electron chi connectivity index (χ1n) is 10.8. The Hall–Kier alpha value is -4.77. The summed E-state index contributed by atoms with van der Waals surface area (Å²) in [7, 11) is 0. The fourth-order valence-electron chi connectivity index (χ4n) is 3.19. The van der Waals surface area contributed by atoms with E-state index >= 15 is 0 Å². The SMILES string of the molecule is O=C(COC(=O)CC(NC(=O)c1ccccc1Cl)c1ccccc1)NNC(=O)c1cccc([N+](=O)[O-])c1. The Balaban J connectivity index is 1.54. The highest BCUT2D eigenvalue weighted by atomic mass is 35.5. The number of rotatable bonds is 9. The third kappa shape index (κ3) is 7.87. The quantitative estimate of drug-likeness (QED) is 0.220. The van der Waals surface area contributed by atoms with E-state index in [-0.39, 0.29) is 28.3 Å². The van der Waals surface area contributed by atoms with Crippen LogP contribution in [0, 0.1) is 10.1 Å². The first-order valence-corrected chi connectivity index (χ1v) is 11.2. The van der Waals surface area contributed by atoms with Crippen LogP contribution in [0.2, 0.25) is 5.02 Å². The number of esters is 1. The topological polar surface area (TPSA) is 157 Å². The lowest BCUT2D eigenvalue weighted by Crippen LogP contribution is -2.43. The standard InChI is InChI=1S/C25H21ClN4O7/c26-20-12-5-4-11-19(20)25(34)27-21(16-7-2-1-3-8-16)14-23(32)37-15-22(31)28-29-24(33)17-9-6-10-18(13-17)30(35)36/h1-13,21H,14-15H2,(H,27,34)(H,28,31)(H,29,33). The third-order valence-electron chi connectivity index (χ3n) is 5.00. The van der Waals surface area contributed by atoms with Gasteiger partial charge in [0, 0.05) is 17.7 Å². The molecule has 1 atom stereocenters. The van der Waals surface area contributed by atoms with E-state index < -0.39 is 41.3 Å². The summed E-state index contributed by atoms with van der Waals surface area (Å²) in [4.78, 5) is 59.5. The average Bonchev–Trinajstić information content (AvgIpc) is 2.90. The number of hydrogen-bond acceptors (Lipinski definition) is 7. The number of hydrazine groups is 1. The lowest BCUT2D eigenvalue weighted by Gasteiger charge is -2.19. The van der Waals surface area contributed by atoms with E-state index in [9.17, 15) is 29.3 Å². The molecule has 11 nitrogen and oxygen atoms in total. The summed E-state index contributed by atoms with van der Waals surface area (Å²) in [5, 5.41) is 13.8. The number of hydrogen-bond donors (Lipinski definition) is 3. The van der Waals surface area contributed by atoms with Crippen LogP contribution in [0.5, 0.6) is 0 Å². The summed E-state index contributed by atoms with van der Waals surface area (Å²) >= 11 is 6.09. The van der Waals surface area contributed by atoms with E-state index in [4.69, 9.17) is 16.3 Å². The number of carbonyl (C=O) groups excluding carboxylic acids is 4. The monoisotopic (exact) mass is 524 g/mol. The van der Waals surface area contributed by atoms with E-state index in [0.717, 1.165) is 6.07 Å². The van der Waals surface area contributed by atoms with Gasteiger partial charge in [-0.3, -0.25) is 40.1 Å². The van der Waals surface area contributed by atoms with Crippen molar-refractivity contribution < 1.29 is 28.8 Å². The van der Waals surface area contributed by atoms with Gasteiger partial charge in [-0.25, -0.2) is 0 Å². The van der Waals surface area contributed by atoms with Crippen LogP contribution in [0.25, 0.3) is 0 Å². The summed E-state index contributed by atoms with van der Waals surface area (Å²) in [5.74, 6) is -2.92. The summed E-state index contributed by atoms with van der Waals surface area (Å²) in [6.45, 7) is -0.714. The Morgan fingerprint density at radius 3 is 2.30 bits per heavy atom. The molecular weight excluding hydrogens is 504 g/mol. The minimum absolute atomic E-state index is 0.0496. The molecule has 190 valence electrons. The van der Waals surface area contributed by atoms with Crippen molar-refractivity contribution in [3.05, 3.63) is 111 Å². The Labute approximate surface area is 215 Å². The molecule has 0 fully saturated rings. The average molecular weight is 525 g/mol. The number of carbonyl (C=O) groups is 4. The summed E-state index contributed by atoms with van der Waals surface area (Å²) in [5.41, 5.74) is 4.67. The number of benzene rings is 3. The van der Waals surface area contributed by atoms with Gasteiger partial charge in [-0.05, 0) is 23.8 Å². The Morgan fingerprint density at radius 2 is 1.59 bits per heavy atom. The first kappa shape index (κ1) is 26.8. The molecule has 0 heterocycles. The lowest BCUT2D eigenvalue weighted by molar-refractivity contribution is -0.384. The molecule has 3 aromatic rings. The zero-order chi connectivity index (χ0) is 26.8. The second-order valence-electron chi connectivity index (χ2n) is 7.59. The van der Waals surface area contributed by atoms with Crippen molar-refractivity contribution in [2.24, 2.45) is 0 Å². The van der Waals surface area contributed by atoms with E-state index in [1.54, 1.807) is 54.6 Å². The molecule has 1 unspecified atom stereocenters. The molecule has 0 radical (unpaired) electrons. The molecule has 12 heteroatoms. The molecule has 3 aromatic carbocycles. The van der Waals surface area contributed by atoms with Crippen LogP contribution in [0.1, 0.15) is 38.7 Å². The predicted octanol–water partition coefficient (Wildman–Crippen LogP) is 3.11. The van der Waals surface area contributed by atoms with Crippen LogP contribution >= 0.6 is 11.6 Å². The van der Waals surface area contributed by atoms with E-state index in [2.05, 4.69) is 16.2 Å². The van der Waals surface area contributed by atoms with E-state index in [1.165, 1.54) is 18.2 Å². The highest BCUT2D eigenvalue weighted by molar-refractivity contribution is 6.33. The molecule has 3 rings (SSSR count). The maximum absolute atomic E-state index is 12.7. The zero-order valence-corrected chi connectivity index (χ0v) is 19.9.